The molecule has 0 aliphatic carbocycles. The maximum atomic E-state index is 12.8. The lowest BCUT2D eigenvalue weighted by atomic mass is 10.1. The molecule has 0 spiro atoms. The molecule has 1 aromatic carbocycles. The van der Waals surface area contributed by atoms with Crippen LogP contribution in [0.15, 0.2) is 30.3 Å². The number of rotatable bonds is 8. The smallest absolute Gasteiger partial charge is 0.234 e. The average Bonchev–Trinajstić information content (AvgIpc) is 3.35. The molecule has 1 atom stereocenters. The molecule has 2 saturated heterocycles. The molecule has 184 valence electrons. The van der Waals surface area contributed by atoms with E-state index in [2.05, 4.69) is 51.0 Å². The summed E-state index contributed by atoms with van der Waals surface area (Å²) >= 11 is 6.51. The Morgan fingerprint density at radius 2 is 1.76 bits per heavy atom. The Morgan fingerprint density at radius 3 is 2.44 bits per heavy atom. The van der Waals surface area contributed by atoms with Crippen LogP contribution < -0.4 is 10.2 Å². The van der Waals surface area contributed by atoms with Crippen LogP contribution in [-0.4, -0.2) is 78.0 Å². The van der Waals surface area contributed by atoms with Crippen molar-refractivity contribution >= 4 is 23.3 Å². The zero-order valence-electron chi connectivity index (χ0n) is 20.6. The average molecular weight is 485 g/mol. The molecule has 1 aromatic heterocycles. The number of carbonyl (C=O) groups excluding carboxylic acids is 1. The van der Waals surface area contributed by atoms with Crippen molar-refractivity contribution in [3.05, 3.63) is 52.4 Å². The number of nitrogens with one attached hydrogen (secondary N) is 1. The highest BCUT2D eigenvalue weighted by molar-refractivity contribution is 6.31. The summed E-state index contributed by atoms with van der Waals surface area (Å²) < 4.78 is 0. The van der Waals surface area contributed by atoms with E-state index in [1.807, 2.05) is 25.1 Å². The molecule has 2 aromatic rings. The number of aromatic nitrogens is 2. The minimum Gasteiger partial charge on any atom is -0.354 e. The van der Waals surface area contributed by atoms with E-state index in [0.717, 1.165) is 67.2 Å². The Morgan fingerprint density at radius 1 is 1.06 bits per heavy atom. The molecule has 1 amide bonds. The van der Waals surface area contributed by atoms with Crippen LogP contribution in [0.5, 0.6) is 0 Å². The van der Waals surface area contributed by atoms with Crippen molar-refractivity contribution in [3.8, 4) is 0 Å². The normalized spacial score (nSPS) is 18.4. The van der Waals surface area contributed by atoms with Gasteiger partial charge in [0, 0.05) is 55.4 Å². The molecule has 1 N–H and O–H groups in total. The maximum Gasteiger partial charge on any atom is 0.234 e. The van der Waals surface area contributed by atoms with E-state index in [1.54, 1.807) is 0 Å². The fraction of sp³-hybridized carbons (Fsp3) is 0.577. The highest BCUT2D eigenvalue weighted by Crippen LogP contribution is 2.29. The van der Waals surface area contributed by atoms with Gasteiger partial charge < -0.3 is 10.2 Å². The first-order valence-electron chi connectivity index (χ1n) is 12.5. The number of benzene rings is 1. The maximum absolute atomic E-state index is 12.8. The Balaban J connectivity index is 1.30. The molecule has 3 heterocycles. The van der Waals surface area contributed by atoms with Gasteiger partial charge in [0.15, 0.2) is 0 Å². The van der Waals surface area contributed by atoms with Crippen molar-refractivity contribution in [1.29, 1.82) is 0 Å². The van der Waals surface area contributed by atoms with E-state index in [1.165, 1.54) is 12.8 Å². The minimum atomic E-state index is 0.0738. The van der Waals surface area contributed by atoms with Crippen LogP contribution in [-0.2, 0) is 4.79 Å². The third-order valence-corrected chi connectivity index (χ3v) is 7.12. The molecule has 1 unspecified atom stereocenters. The van der Waals surface area contributed by atoms with E-state index in [0.29, 0.717) is 19.0 Å². The van der Waals surface area contributed by atoms with E-state index < -0.39 is 0 Å². The van der Waals surface area contributed by atoms with Gasteiger partial charge in [-0.3, -0.25) is 14.6 Å². The van der Waals surface area contributed by atoms with E-state index >= 15 is 0 Å². The number of aryl methyl sites for hydroxylation is 1. The van der Waals surface area contributed by atoms with Crippen molar-refractivity contribution < 1.29 is 4.79 Å². The summed E-state index contributed by atoms with van der Waals surface area (Å²) in [7, 11) is 0. The first kappa shape index (κ1) is 24.9. The Labute approximate surface area is 208 Å². The largest absolute Gasteiger partial charge is 0.354 e. The van der Waals surface area contributed by atoms with Crippen molar-refractivity contribution in [1.82, 2.24) is 25.1 Å². The summed E-state index contributed by atoms with van der Waals surface area (Å²) in [5, 5.41) is 3.96. The van der Waals surface area contributed by atoms with Crippen molar-refractivity contribution in [2.24, 2.45) is 0 Å². The number of hydrogen-bond donors (Lipinski definition) is 1. The SMILES string of the molecule is Cc1cc(N2CCN(CC(=O)NCC(c3ccccc3Cl)N3CCCC3)CC2)nc(C(C)C)n1. The second-order valence-electron chi connectivity index (χ2n) is 9.73. The molecule has 8 heteroatoms. The Bertz CT molecular complexity index is 970. The fourth-order valence-electron chi connectivity index (χ4n) is 4.83. The molecule has 7 nitrogen and oxygen atoms in total. The molecule has 34 heavy (non-hydrogen) atoms. The van der Waals surface area contributed by atoms with E-state index in [-0.39, 0.29) is 11.9 Å². The molecule has 4 rings (SSSR count). The number of halogens is 1. The van der Waals surface area contributed by atoms with Crippen molar-refractivity contribution in [2.75, 3.05) is 57.3 Å². The molecule has 2 fully saturated rings. The highest BCUT2D eigenvalue weighted by Gasteiger charge is 2.26. The second kappa shape index (κ2) is 11.5. The Hall–Kier alpha value is -2.22. The van der Waals surface area contributed by atoms with Gasteiger partial charge in [-0.25, -0.2) is 9.97 Å². The first-order valence-corrected chi connectivity index (χ1v) is 12.9. The third kappa shape index (κ3) is 6.26. The third-order valence-electron chi connectivity index (χ3n) is 6.78. The van der Waals surface area contributed by atoms with Gasteiger partial charge in [0.2, 0.25) is 5.91 Å². The van der Waals surface area contributed by atoms with Gasteiger partial charge in [0.25, 0.3) is 0 Å². The summed E-state index contributed by atoms with van der Waals surface area (Å²) in [5.41, 5.74) is 2.10. The van der Waals surface area contributed by atoms with Crippen molar-refractivity contribution in [2.45, 2.75) is 45.6 Å². The Kier molecular flexibility index (Phi) is 8.40. The van der Waals surface area contributed by atoms with Gasteiger partial charge in [0.1, 0.15) is 11.6 Å². The molecule has 2 aliphatic rings. The van der Waals surface area contributed by atoms with Crippen LogP contribution in [0.3, 0.4) is 0 Å². The molecule has 0 bridgehead atoms. The van der Waals surface area contributed by atoms with Crippen LogP contribution >= 0.6 is 11.6 Å². The lowest BCUT2D eigenvalue weighted by Gasteiger charge is -2.35. The molecular formula is C26H37ClN6O. The van der Waals surface area contributed by atoms with E-state index in [4.69, 9.17) is 16.6 Å². The number of amides is 1. The zero-order valence-corrected chi connectivity index (χ0v) is 21.4. The second-order valence-corrected chi connectivity index (χ2v) is 10.1. The first-order chi connectivity index (χ1) is 16.4. The van der Waals surface area contributed by atoms with Gasteiger partial charge in [-0.1, -0.05) is 43.6 Å². The quantitative estimate of drug-likeness (QED) is 0.617. The number of piperazine rings is 1. The molecular weight excluding hydrogens is 448 g/mol. The predicted molar refractivity (Wildman–Crippen MR) is 138 cm³/mol. The van der Waals surface area contributed by atoms with Crippen LogP contribution in [0.25, 0.3) is 0 Å². The van der Waals surface area contributed by atoms with Crippen LogP contribution in [0.2, 0.25) is 5.02 Å². The van der Waals surface area contributed by atoms with Crippen LogP contribution in [0.4, 0.5) is 5.82 Å². The lowest BCUT2D eigenvalue weighted by molar-refractivity contribution is -0.122. The molecule has 0 saturated carbocycles. The monoisotopic (exact) mass is 484 g/mol. The summed E-state index contributed by atoms with van der Waals surface area (Å²) in [6.45, 7) is 12.8. The summed E-state index contributed by atoms with van der Waals surface area (Å²) in [6.07, 6.45) is 2.40. The predicted octanol–water partition coefficient (Wildman–Crippen LogP) is 3.64. The van der Waals surface area contributed by atoms with Gasteiger partial charge >= 0.3 is 0 Å². The summed E-state index contributed by atoms with van der Waals surface area (Å²) in [5.74, 6) is 2.26. The summed E-state index contributed by atoms with van der Waals surface area (Å²) in [4.78, 5) is 29.1. The zero-order chi connectivity index (χ0) is 24.1. The van der Waals surface area contributed by atoms with Gasteiger partial charge in [-0.2, -0.15) is 0 Å². The van der Waals surface area contributed by atoms with Gasteiger partial charge in [0.05, 0.1) is 12.6 Å². The number of likely N-dealkylation sites (tertiary alicyclic amines) is 1. The molecule has 0 radical (unpaired) electrons. The number of hydrogen-bond acceptors (Lipinski definition) is 6. The van der Waals surface area contributed by atoms with Gasteiger partial charge in [-0.05, 0) is 44.5 Å². The summed E-state index contributed by atoms with van der Waals surface area (Å²) in [6, 6.07) is 10.2. The van der Waals surface area contributed by atoms with Crippen molar-refractivity contribution in [3.63, 3.8) is 0 Å². The number of nitrogens with zero attached hydrogens (tertiary/aromatic N) is 5. The topological polar surface area (TPSA) is 64.6 Å². The lowest BCUT2D eigenvalue weighted by Crippen LogP contribution is -2.50. The number of carbonyl (C=O) groups is 1. The number of anilines is 1. The minimum absolute atomic E-state index is 0.0738. The standard InChI is InChI=1S/C26H37ClN6O/c1-19(2)26-29-20(3)16-24(30-26)33-14-12-31(13-15-33)18-25(34)28-17-23(32-10-6-7-11-32)21-8-4-5-9-22(21)27/h4-5,8-9,16,19,23H,6-7,10-15,17-18H2,1-3H3,(H,28,34). The van der Waals surface area contributed by atoms with Crippen LogP contribution in [0, 0.1) is 6.92 Å². The van der Waals surface area contributed by atoms with Gasteiger partial charge in [-0.15, -0.1) is 0 Å². The highest BCUT2D eigenvalue weighted by atomic mass is 35.5. The molecule has 2 aliphatic heterocycles. The fourth-order valence-corrected chi connectivity index (χ4v) is 5.10. The van der Waals surface area contributed by atoms with Crippen LogP contribution in [0.1, 0.15) is 55.7 Å². The van der Waals surface area contributed by atoms with E-state index in [9.17, 15) is 4.79 Å².